The quantitative estimate of drug-likeness (QED) is 0.345. The van der Waals surface area contributed by atoms with E-state index >= 15 is 0 Å². The Morgan fingerprint density at radius 1 is 1.12 bits per heavy atom. The summed E-state index contributed by atoms with van der Waals surface area (Å²) in [4.78, 5) is 18.2. The van der Waals surface area contributed by atoms with Crippen LogP contribution in [0, 0.1) is 13.8 Å². The second-order valence-electron chi connectivity index (χ2n) is 7.52. The zero-order valence-corrected chi connectivity index (χ0v) is 20.0. The van der Waals surface area contributed by atoms with Gasteiger partial charge in [0, 0.05) is 36.7 Å². The van der Waals surface area contributed by atoms with Gasteiger partial charge in [0.15, 0.2) is 5.13 Å². The Balaban J connectivity index is 1.59. The third-order valence-electron chi connectivity index (χ3n) is 4.63. The first-order chi connectivity index (χ1) is 16.4. The minimum atomic E-state index is -0.334. The standard InChI is InChI=1S/C24H24N4O5S/c1-14(13-30-4)31-19-9-10-20(22(29)26-24-25-12-15(2)34-24)21(11-19)33-18-7-5-17(6-8-18)23-28-27-16(3)32-23/h5-12,14H,13H2,1-4H3,(H,25,26,29). The molecule has 176 valence electrons. The molecule has 2 heterocycles. The molecule has 1 atom stereocenters. The van der Waals surface area contributed by atoms with Crippen molar-refractivity contribution in [3.05, 3.63) is 65.0 Å². The van der Waals surface area contributed by atoms with Crippen LogP contribution in [0.4, 0.5) is 5.13 Å². The molecule has 0 aliphatic heterocycles. The van der Waals surface area contributed by atoms with Gasteiger partial charge >= 0.3 is 0 Å². The molecule has 0 aliphatic carbocycles. The maximum atomic E-state index is 13.0. The molecule has 10 heteroatoms. The first kappa shape index (κ1) is 23.4. The van der Waals surface area contributed by atoms with Crippen molar-refractivity contribution in [2.75, 3.05) is 19.0 Å². The molecular weight excluding hydrogens is 456 g/mol. The summed E-state index contributed by atoms with van der Waals surface area (Å²) < 4.78 is 22.6. The lowest BCUT2D eigenvalue weighted by Gasteiger charge is -2.16. The van der Waals surface area contributed by atoms with E-state index in [9.17, 15) is 4.79 Å². The van der Waals surface area contributed by atoms with E-state index in [1.54, 1.807) is 62.7 Å². The zero-order valence-electron chi connectivity index (χ0n) is 19.2. The zero-order chi connectivity index (χ0) is 24.1. The molecule has 9 nitrogen and oxygen atoms in total. The van der Waals surface area contributed by atoms with Gasteiger partial charge in [-0.15, -0.1) is 21.5 Å². The van der Waals surface area contributed by atoms with Crippen molar-refractivity contribution in [2.24, 2.45) is 0 Å². The first-order valence-electron chi connectivity index (χ1n) is 10.5. The number of carbonyl (C=O) groups excluding carboxylic acids is 1. The topological polar surface area (TPSA) is 109 Å². The molecule has 0 fully saturated rings. The van der Waals surface area contributed by atoms with Crippen molar-refractivity contribution in [3.8, 4) is 28.7 Å². The van der Waals surface area contributed by atoms with E-state index in [1.165, 1.54) is 11.3 Å². The molecule has 0 spiro atoms. The van der Waals surface area contributed by atoms with Crippen LogP contribution < -0.4 is 14.8 Å². The summed E-state index contributed by atoms with van der Waals surface area (Å²) in [6.07, 6.45) is 1.53. The van der Waals surface area contributed by atoms with Gasteiger partial charge in [-0.3, -0.25) is 10.1 Å². The largest absolute Gasteiger partial charge is 0.488 e. The van der Waals surface area contributed by atoms with Crippen molar-refractivity contribution in [2.45, 2.75) is 26.9 Å². The minimum absolute atomic E-state index is 0.173. The Bertz CT molecular complexity index is 1270. The lowest BCUT2D eigenvalue weighted by Crippen LogP contribution is -2.18. The van der Waals surface area contributed by atoms with Crippen LogP contribution in [-0.2, 0) is 4.74 Å². The van der Waals surface area contributed by atoms with E-state index in [0.717, 1.165) is 10.4 Å². The highest BCUT2D eigenvalue weighted by molar-refractivity contribution is 7.15. The average molecular weight is 481 g/mol. The van der Waals surface area contributed by atoms with E-state index in [-0.39, 0.29) is 12.0 Å². The van der Waals surface area contributed by atoms with Crippen LogP contribution in [0.3, 0.4) is 0 Å². The van der Waals surface area contributed by atoms with Gasteiger partial charge in [-0.1, -0.05) is 0 Å². The van der Waals surface area contributed by atoms with Gasteiger partial charge in [-0.25, -0.2) is 4.98 Å². The summed E-state index contributed by atoms with van der Waals surface area (Å²) in [5.74, 6) is 2.00. The molecule has 0 saturated heterocycles. The molecular formula is C24H24N4O5S. The number of thiazole rings is 1. The fourth-order valence-electron chi connectivity index (χ4n) is 3.13. The Morgan fingerprint density at radius 2 is 1.88 bits per heavy atom. The van der Waals surface area contributed by atoms with Crippen LogP contribution in [0.2, 0.25) is 0 Å². The van der Waals surface area contributed by atoms with Gasteiger partial charge < -0.3 is 18.6 Å². The fourth-order valence-corrected chi connectivity index (χ4v) is 3.79. The number of aromatic nitrogens is 3. The van der Waals surface area contributed by atoms with Crippen molar-refractivity contribution in [3.63, 3.8) is 0 Å². The number of anilines is 1. The third-order valence-corrected chi connectivity index (χ3v) is 5.46. The van der Waals surface area contributed by atoms with Gasteiger partial charge in [-0.05, 0) is 50.2 Å². The minimum Gasteiger partial charge on any atom is -0.488 e. The highest BCUT2D eigenvalue weighted by Gasteiger charge is 2.17. The predicted molar refractivity (Wildman–Crippen MR) is 128 cm³/mol. The second-order valence-corrected chi connectivity index (χ2v) is 8.76. The van der Waals surface area contributed by atoms with Gasteiger partial charge in [0.1, 0.15) is 23.4 Å². The van der Waals surface area contributed by atoms with E-state index in [1.807, 2.05) is 13.8 Å². The number of benzene rings is 2. The van der Waals surface area contributed by atoms with Crippen molar-refractivity contribution in [1.29, 1.82) is 0 Å². The van der Waals surface area contributed by atoms with Crippen LogP contribution in [0.1, 0.15) is 28.0 Å². The number of ether oxygens (including phenoxy) is 3. The van der Waals surface area contributed by atoms with E-state index < -0.39 is 0 Å². The summed E-state index contributed by atoms with van der Waals surface area (Å²) in [5.41, 5.74) is 1.10. The summed E-state index contributed by atoms with van der Waals surface area (Å²) in [6.45, 7) is 5.98. The molecule has 0 bridgehead atoms. The van der Waals surface area contributed by atoms with Crippen LogP contribution in [0.25, 0.3) is 11.5 Å². The monoisotopic (exact) mass is 480 g/mol. The number of amides is 1. The summed E-state index contributed by atoms with van der Waals surface area (Å²) >= 11 is 1.40. The van der Waals surface area contributed by atoms with Gasteiger partial charge in [0.2, 0.25) is 11.8 Å². The molecule has 2 aromatic carbocycles. The Kier molecular flexibility index (Phi) is 7.19. The number of carbonyl (C=O) groups is 1. The number of rotatable bonds is 9. The molecule has 0 aliphatic rings. The predicted octanol–water partition coefficient (Wildman–Crippen LogP) is 5.27. The lowest BCUT2D eigenvalue weighted by atomic mass is 10.1. The number of nitrogens with zero attached hydrogens (tertiary/aromatic N) is 3. The summed E-state index contributed by atoms with van der Waals surface area (Å²) in [5, 5.41) is 11.2. The van der Waals surface area contributed by atoms with E-state index in [4.69, 9.17) is 18.6 Å². The smallest absolute Gasteiger partial charge is 0.261 e. The number of hydrogen-bond donors (Lipinski definition) is 1. The average Bonchev–Trinajstić information content (AvgIpc) is 3.42. The number of hydrogen-bond acceptors (Lipinski definition) is 9. The fraction of sp³-hybridized carbons (Fsp3) is 0.250. The van der Waals surface area contributed by atoms with Crippen molar-refractivity contribution >= 4 is 22.4 Å². The van der Waals surface area contributed by atoms with Gasteiger partial charge in [0.25, 0.3) is 5.91 Å². The van der Waals surface area contributed by atoms with Gasteiger partial charge in [-0.2, -0.15) is 0 Å². The third kappa shape index (κ3) is 5.77. The molecule has 1 N–H and O–H groups in total. The molecule has 4 aromatic rings. The van der Waals surface area contributed by atoms with E-state index in [0.29, 0.717) is 46.3 Å². The normalized spacial score (nSPS) is 11.8. The molecule has 1 unspecified atom stereocenters. The molecule has 0 saturated carbocycles. The highest BCUT2D eigenvalue weighted by Crippen LogP contribution is 2.32. The molecule has 2 aromatic heterocycles. The maximum absolute atomic E-state index is 13.0. The lowest BCUT2D eigenvalue weighted by molar-refractivity contribution is 0.0919. The number of methoxy groups -OCH3 is 1. The van der Waals surface area contributed by atoms with Gasteiger partial charge in [0.05, 0.1) is 12.2 Å². The highest BCUT2D eigenvalue weighted by atomic mass is 32.1. The maximum Gasteiger partial charge on any atom is 0.261 e. The Hall–Kier alpha value is -3.76. The molecule has 34 heavy (non-hydrogen) atoms. The van der Waals surface area contributed by atoms with Crippen LogP contribution in [0.5, 0.6) is 17.2 Å². The van der Waals surface area contributed by atoms with Crippen molar-refractivity contribution in [1.82, 2.24) is 15.2 Å². The van der Waals surface area contributed by atoms with Crippen molar-refractivity contribution < 1.29 is 23.4 Å². The first-order valence-corrected chi connectivity index (χ1v) is 11.3. The SMILES string of the molecule is COCC(C)Oc1ccc(C(=O)Nc2ncc(C)s2)c(Oc2ccc(-c3nnc(C)o3)cc2)c1. The van der Waals surface area contributed by atoms with Crippen LogP contribution in [0.15, 0.2) is 53.1 Å². The van der Waals surface area contributed by atoms with Crippen LogP contribution >= 0.6 is 11.3 Å². The summed E-state index contributed by atoms with van der Waals surface area (Å²) in [7, 11) is 1.61. The summed E-state index contributed by atoms with van der Waals surface area (Å²) in [6, 6.07) is 12.2. The number of aryl methyl sites for hydroxylation is 2. The Labute approximate surface area is 200 Å². The second kappa shape index (κ2) is 10.4. The van der Waals surface area contributed by atoms with Crippen LogP contribution in [-0.4, -0.2) is 40.9 Å². The van der Waals surface area contributed by atoms with E-state index in [2.05, 4.69) is 20.5 Å². The molecule has 1 amide bonds. The molecule has 4 rings (SSSR count). The Morgan fingerprint density at radius 3 is 2.53 bits per heavy atom. The molecule has 0 radical (unpaired) electrons. The number of nitrogens with one attached hydrogen (secondary N) is 1.